The van der Waals surface area contributed by atoms with Gasteiger partial charge in [0.25, 0.3) is 0 Å². The van der Waals surface area contributed by atoms with Gasteiger partial charge in [0, 0.05) is 22.4 Å². The third kappa shape index (κ3) is 6.20. The number of nitrogens with zero attached hydrogens (tertiary/aromatic N) is 2. The lowest BCUT2D eigenvalue weighted by molar-refractivity contribution is 0.395. The number of ether oxygens (including phenoxy) is 2. The van der Waals surface area contributed by atoms with Crippen molar-refractivity contribution in [2.45, 2.75) is 26.2 Å². The number of halogens is 1. The number of pyridine rings is 1. The maximum atomic E-state index is 14.1. The topological polar surface area (TPSA) is 101 Å². The molecule has 0 saturated heterocycles. The fourth-order valence-electron chi connectivity index (χ4n) is 3.77. The standard InChI is InChI=1S/C27H28FN3O4S/c1-27(2,3)24-13-19(23-14-21(28)16-30-26(23)35-5)11-18(25(24)34-4)8-7-17-9-10-22(12-20(17)15-29)31-36(6,32)33/h7-14,16,31H,1-6H3/b8-7+. The molecule has 188 valence electrons. The molecule has 0 bridgehead atoms. The second-order valence-electron chi connectivity index (χ2n) is 9.23. The number of hydrogen-bond acceptors (Lipinski definition) is 6. The Bertz CT molecular complexity index is 1470. The Balaban J connectivity index is 2.19. The van der Waals surface area contributed by atoms with E-state index in [1.54, 1.807) is 31.4 Å². The van der Waals surface area contributed by atoms with E-state index in [1.807, 2.05) is 32.9 Å². The second-order valence-corrected chi connectivity index (χ2v) is 11.0. The second kappa shape index (κ2) is 10.4. The summed E-state index contributed by atoms with van der Waals surface area (Å²) in [6.07, 6.45) is 5.69. The van der Waals surface area contributed by atoms with Gasteiger partial charge in [-0.1, -0.05) is 39.0 Å². The Morgan fingerprint density at radius 2 is 1.75 bits per heavy atom. The molecule has 1 heterocycles. The molecular weight excluding hydrogens is 481 g/mol. The van der Waals surface area contributed by atoms with Crippen molar-refractivity contribution >= 4 is 27.9 Å². The average molecular weight is 510 g/mol. The predicted molar refractivity (Wildman–Crippen MR) is 140 cm³/mol. The van der Waals surface area contributed by atoms with E-state index in [9.17, 15) is 18.1 Å². The minimum absolute atomic E-state index is 0.289. The number of methoxy groups -OCH3 is 2. The van der Waals surface area contributed by atoms with Crippen molar-refractivity contribution in [3.63, 3.8) is 0 Å². The van der Waals surface area contributed by atoms with Crippen molar-refractivity contribution in [1.29, 1.82) is 5.26 Å². The minimum atomic E-state index is -3.47. The summed E-state index contributed by atoms with van der Waals surface area (Å²) in [5, 5.41) is 9.62. The first-order valence-electron chi connectivity index (χ1n) is 11.0. The number of rotatable bonds is 7. The van der Waals surface area contributed by atoms with Gasteiger partial charge in [0.1, 0.15) is 11.6 Å². The number of sulfonamides is 1. The quantitative estimate of drug-likeness (QED) is 0.415. The van der Waals surface area contributed by atoms with E-state index < -0.39 is 15.8 Å². The van der Waals surface area contributed by atoms with Crippen LogP contribution in [0.4, 0.5) is 10.1 Å². The summed E-state index contributed by atoms with van der Waals surface area (Å²) in [4.78, 5) is 4.06. The lowest BCUT2D eigenvalue weighted by Crippen LogP contribution is -2.14. The molecule has 1 N–H and O–H groups in total. The number of nitrogens with one attached hydrogen (secondary N) is 1. The number of anilines is 1. The molecule has 3 aromatic rings. The van der Waals surface area contributed by atoms with Crippen molar-refractivity contribution in [3.05, 3.63) is 70.7 Å². The Hall–Kier alpha value is -3.90. The average Bonchev–Trinajstić information content (AvgIpc) is 2.80. The van der Waals surface area contributed by atoms with Crippen LogP contribution in [-0.2, 0) is 15.4 Å². The number of hydrogen-bond donors (Lipinski definition) is 1. The fraction of sp³-hybridized carbons (Fsp3) is 0.259. The third-order valence-corrected chi connectivity index (χ3v) is 5.98. The molecule has 7 nitrogen and oxygen atoms in total. The molecule has 0 spiro atoms. The van der Waals surface area contributed by atoms with Crippen LogP contribution in [0, 0.1) is 17.1 Å². The first kappa shape index (κ1) is 26.7. The Kier molecular flexibility index (Phi) is 7.70. The number of aromatic nitrogens is 1. The SMILES string of the molecule is COc1ncc(F)cc1-c1cc(/C=C/c2ccc(NS(C)(=O)=O)cc2C#N)c(OC)c(C(C)(C)C)c1. The molecule has 0 aliphatic carbocycles. The molecule has 3 rings (SSSR count). The van der Waals surface area contributed by atoms with E-state index in [2.05, 4.69) is 15.8 Å². The number of nitriles is 1. The van der Waals surface area contributed by atoms with Crippen LogP contribution in [0.15, 0.2) is 42.6 Å². The van der Waals surface area contributed by atoms with Crippen LogP contribution in [0.5, 0.6) is 11.6 Å². The van der Waals surface area contributed by atoms with Crippen LogP contribution in [0.1, 0.15) is 43.0 Å². The highest BCUT2D eigenvalue weighted by Gasteiger charge is 2.23. The van der Waals surface area contributed by atoms with Crippen LogP contribution in [0.2, 0.25) is 0 Å². The van der Waals surface area contributed by atoms with Gasteiger partial charge in [0.15, 0.2) is 0 Å². The van der Waals surface area contributed by atoms with E-state index in [0.717, 1.165) is 18.0 Å². The van der Waals surface area contributed by atoms with Crippen molar-refractivity contribution < 1.29 is 22.3 Å². The molecule has 9 heteroatoms. The normalized spacial score (nSPS) is 11.8. The van der Waals surface area contributed by atoms with E-state index in [-0.39, 0.29) is 11.3 Å². The Morgan fingerprint density at radius 3 is 2.33 bits per heavy atom. The summed E-state index contributed by atoms with van der Waals surface area (Å²) >= 11 is 0. The molecule has 2 aromatic carbocycles. The zero-order chi connectivity index (χ0) is 26.7. The van der Waals surface area contributed by atoms with Crippen LogP contribution < -0.4 is 14.2 Å². The van der Waals surface area contributed by atoms with Crippen molar-refractivity contribution in [2.75, 3.05) is 25.2 Å². The first-order valence-corrected chi connectivity index (χ1v) is 12.9. The van der Waals surface area contributed by atoms with Gasteiger partial charge >= 0.3 is 0 Å². The maximum absolute atomic E-state index is 14.1. The smallest absolute Gasteiger partial charge is 0.229 e. The molecular formula is C27H28FN3O4S. The highest BCUT2D eigenvalue weighted by molar-refractivity contribution is 7.92. The molecule has 0 saturated carbocycles. The van der Waals surface area contributed by atoms with Crippen LogP contribution in [0.25, 0.3) is 23.3 Å². The van der Waals surface area contributed by atoms with E-state index in [0.29, 0.717) is 39.3 Å². The van der Waals surface area contributed by atoms with Gasteiger partial charge in [-0.3, -0.25) is 4.72 Å². The van der Waals surface area contributed by atoms with Gasteiger partial charge in [0.05, 0.1) is 38.3 Å². The first-order chi connectivity index (χ1) is 16.9. The summed E-state index contributed by atoms with van der Waals surface area (Å²) in [6, 6.07) is 12.0. The van der Waals surface area contributed by atoms with Gasteiger partial charge in [-0.15, -0.1) is 0 Å². The van der Waals surface area contributed by atoms with Gasteiger partial charge in [0.2, 0.25) is 15.9 Å². The Morgan fingerprint density at radius 1 is 1.06 bits per heavy atom. The van der Waals surface area contributed by atoms with E-state index in [1.165, 1.54) is 19.2 Å². The fourth-order valence-corrected chi connectivity index (χ4v) is 4.32. The summed E-state index contributed by atoms with van der Waals surface area (Å²) < 4.78 is 50.7. The van der Waals surface area contributed by atoms with Crippen molar-refractivity contribution in [1.82, 2.24) is 4.98 Å². The maximum Gasteiger partial charge on any atom is 0.229 e. The molecule has 1 aromatic heterocycles. The molecule has 0 fully saturated rings. The minimum Gasteiger partial charge on any atom is -0.496 e. The molecule has 0 amide bonds. The molecule has 0 aliphatic rings. The number of benzene rings is 2. The summed E-state index contributed by atoms with van der Waals surface area (Å²) in [6.45, 7) is 6.14. The van der Waals surface area contributed by atoms with Crippen LogP contribution in [0.3, 0.4) is 0 Å². The molecule has 36 heavy (non-hydrogen) atoms. The summed E-state index contributed by atoms with van der Waals surface area (Å²) in [5.74, 6) is 0.439. The lowest BCUT2D eigenvalue weighted by Gasteiger charge is -2.25. The Labute approximate surface area is 211 Å². The van der Waals surface area contributed by atoms with E-state index in [4.69, 9.17) is 9.47 Å². The molecule has 0 radical (unpaired) electrons. The van der Waals surface area contributed by atoms with Crippen LogP contribution in [-0.4, -0.2) is 33.9 Å². The van der Waals surface area contributed by atoms with E-state index >= 15 is 0 Å². The van der Waals surface area contributed by atoms with Gasteiger partial charge < -0.3 is 9.47 Å². The molecule has 0 atom stereocenters. The van der Waals surface area contributed by atoms with Gasteiger partial charge in [-0.25, -0.2) is 17.8 Å². The van der Waals surface area contributed by atoms with Crippen LogP contribution >= 0.6 is 0 Å². The zero-order valence-corrected chi connectivity index (χ0v) is 21.8. The molecule has 0 unspecified atom stereocenters. The highest BCUT2D eigenvalue weighted by atomic mass is 32.2. The largest absolute Gasteiger partial charge is 0.496 e. The lowest BCUT2D eigenvalue weighted by atomic mass is 9.83. The molecule has 0 aliphatic heterocycles. The predicted octanol–water partition coefficient (Wildman–Crippen LogP) is 5.62. The van der Waals surface area contributed by atoms with Crippen molar-refractivity contribution in [2.24, 2.45) is 0 Å². The summed E-state index contributed by atoms with van der Waals surface area (Å²) in [7, 11) is -0.416. The van der Waals surface area contributed by atoms with Crippen molar-refractivity contribution in [3.8, 4) is 28.8 Å². The van der Waals surface area contributed by atoms with Gasteiger partial charge in [-0.05, 0) is 46.9 Å². The summed E-state index contributed by atoms with van der Waals surface area (Å²) in [5.41, 5.74) is 3.65. The monoisotopic (exact) mass is 509 g/mol. The third-order valence-electron chi connectivity index (χ3n) is 5.37. The highest BCUT2D eigenvalue weighted by Crippen LogP contribution is 2.40. The zero-order valence-electron chi connectivity index (χ0n) is 21.0. The van der Waals surface area contributed by atoms with Gasteiger partial charge in [-0.2, -0.15) is 5.26 Å².